The SMILES string of the molecule is CCOC(=O)C(C#N)C(c1ccccc1F)C(C(=O)Nc1ccccc1)[n+]1ccccc1. The van der Waals surface area contributed by atoms with Gasteiger partial charge in [0, 0.05) is 23.4 Å². The lowest BCUT2D eigenvalue weighted by Crippen LogP contribution is -2.51. The van der Waals surface area contributed by atoms with Crippen molar-refractivity contribution in [2.24, 2.45) is 5.92 Å². The molecule has 0 fully saturated rings. The van der Waals surface area contributed by atoms with Gasteiger partial charge < -0.3 is 10.1 Å². The van der Waals surface area contributed by atoms with Gasteiger partial charge in [-0.25, -0.2) is 4.39 Å². The molecule has 3 atom stereocenters. The first kappa shape index (κ1) is 22.6. The van der Waals surface area contributed by atoms with Gasteiger partial charge in [0.2, 0.25) is 6.04 Å². The van der Waals surface area contributed by atoms with Crippen LogP contribution < -0.4 is 9.88 Å². The number of hydrogen-bond donors (Lipinski definition) is 1. The minimum Gasteiger partial charge on any atom is -0.465 e. The van der Waals surface area contributed by atoms with Crippen LogP contribution in [-0.4, -0.2) is 18.5 Å². The van der Waals surface area contributed by atoms with Crippen molar-refractivity contribution in [3.8, 4) is 6.07 Å². The summed E-state index contributed by atoms with van der Waals surface area (Å²) in [5.74, 6) is -4.47. The van der Waals surface area contributed by atoms with E-state index in [4.69, 9.17) is 4.74 Å². The van der Waals surface area contributed by atoms with E-state index in [1.165, 1.54) is 18.2 Å². The molecule has 6 nitrogen and oxygen atoms in total. The lowest BCUT2D eigenvalue weighted by Gasteiger charge is -2.26. The largest absolute Gasteiger partial charge is 0.465 e. The summed E-state index contributed by atoms with van der Waals surface area (Å²) >= 11 is 0. The molecule has 0 aliphatic heterocycles. The number of anilines is 1. The number of carbonyl (C=O) groups is 2. The Labute approximate surface area is 185 Å². The minimum absolute atomic E-state index is 0.0559. The maximum Gasteiger partial charge on any atom is 0.324 e. The molecule has 32 heavy (non-hydrogen) atoms. The molecule has 0 spiro atoms. The predicted molar refractivity (Wildman–Crippen MR) is 116 cm³/mol. The topological polar surface area (TPSA) is 83.1 Å². The molecule has 1 amide bonds. The van der Waals surface area contributed by atoms with Gasteiger partial charge >= 0.3 is 5.97 Å². The molecule has 0 saturated carbocycles. The number of benzene rings is 2. The molecular formula is C25H23FN3O3+. The highest BCUT2D eigenvalue weighted by molar-refractivity contribution is 5.94. The van der Waals surface area contributed by atoms with Crippen LogP contribution >= 0.6 is 0 Å². The second-order valence-electron chi connectivity index (χ2n) is 7.03. The van der Waals surface area contributed by atoms with Crippen LogP contribution in [0.4, 0.5) is 10.1 Å². The number of nitrogens with zero attached hydrogens (tertiary/aromatic N) is 2. The lowest BCUT2D eigenvalue weighted by molar-refractivity contribution is -0.712. The van der Waals surface area contributed by atoms with Crippen LogP contribution in [0.25, 0.3) is 0 Å². The number of pyridine rings is 1. The third-order valence-electron chi connectivity index (χ3n) is 5.01. The molecule has 1 N–H and O–H groups in total. The van der Waals surface area contributed by atoms with Crippen LogP contribution in [0.2, 0.25) is 0 Å². The average molecular weight is 432 g/mol. The number of rotatable bonds is 8. The Balaban J connectivity index is 2.16. The van der Waals surface area contributed by atoms with Crippen molar-refractivity contribution >= 4 is 17.6 Å². The fraction of sp³-hybridized carbons (Fsp3) is 0.200. The van der Waals surface area contributed by atoms with Gasteiger partial charge in [-0.15, -0.1) is 0 Å². The summed E-state index contributed by atoms with van der Waals surface area (Å²) in [6.45, 7) is 1.68. The van der Waals surface area contributed by atoms with Crippen molar-refractivity contribution in [2.45, 2.75) is 18.9 Å². The maximum atomic E-state index is 14.9. The molecule has 2 aromatic carbocycles. The maximum absolute atomic E-state index is 14.9. The van der Waals surface area contributed by atoms with Crippen molar-refractivity contribution < 1.29 is 23.3 Å². The molecule has 7 heteroatoms. The zero-order valence-electron chi connectivity index (χ0n) is 17.5. The molecule has 0 aliphatic carbocycles. The van der Waals surface area contributed by atoms with Gasteiger partial charge in [0.1, 0.15) is 5.82 Å². The Morgan fingerprint density at radius 1 is 1.03 bits per heavy atom. The molecule has 1 heterocycles. The Morgan fingerprint density at radius 2 is 1.66 bits per heavy atom. The number of amides is 1. The van der Waals surface area contributed by atoms with Crippen LogP contribution in [-0.2, 0) is 14.3 Å². The highest BCUT2D eigenvalue weighted by Crippen LogP contribution is 2.36. The molecule has 3 unspecified atom stereocenters. The average Bonchev–Trinajstić information content (AvgIpc) is 2.81. The smallest absolute Gasteiger partial charge is 0.324 e. The van der Waals surface area contributed by atoms with Crippen LogP contribution in [0.1, 0.15) is 24.4 Å². The summed E-state index contributed by atoms with van der Waals surface area (Å²) in [7, 11) is 0. The Bertz CT molecular complexity index is 1100. The highest BCUT2D eigenvalue weighted by atomic mass is 19.1. The predicted octanol–water partition coefficient (Wildman–Crippen LogP) is 3.78. The van der Waals surface area contributed by atoms with Gasteiger partial charge in [-0.05, 0) is 25.1 Å². The lowest BCUT2D eigenvalue weighted by atomic mass is 9.80. The number of carbonyl (C=O) groups excluding carboxylic acids is 2. The third-order valence-corrected chi connectivity index (χ3v) is 5.01. The van der Waals surface area contributed by atoms with E-state index in [1.807, 2.05) is 12.1 Å². The van der Waals surface area contributed by atoms with Crippen LogP contribution in [0.15, 0.2) is 85.2 Å². The first-order chi connectivity index (χ1) is 15.6. The monoisotopic (exact) mass is 432 g/mol. The molecule has 0 saturated heterocycles. The van der Waals surface area contributed by atoms with E-state index in [0.717, 1.165) is 0 Å². The van der Waals surface area contributed by atoms with E-state index in [1.54, 1.807) is 72.4 Å². The summed E-state index contributed by atoms with van der Waals surface area (Å²) in [5, 5.41) is 12.7. The van der Waals surface area contributed by atoms with E-state index in [2.05, 4.69) is 5.32 Å². The van der Waals surface area contributed by atoms with Gasteiger partial charge in [-0.2, -0.15) is 9.83 Å². The van der Waals surface area contributed by atoms with Crippen molar-refractivity contribution in [1.29, 1.82) is 5.26 Å². The molecular weight excluding hydrogens is 409 g/mol. The van der Waals surface area contributed by atoms with Crippen LogP contribution in [0.5, 0.6) is 0 Å². The van der Waals surface area contributed by atoms with Gasteiger partial charge in [0.05, 0.1) is 18.6 Å². The number of para-hydroxylation sites is 1. The molecule has 0 radical (unpaired) electrons. The number of esters is 1. The normalized spacial score (nSPS) is 13.3. The fourth-order valence-electron chi connectivity index (χ4n) is 3.61. The zero-order chi connectivity index (χ0) is 22.9. The minimum atomic E-state index is -1.41. The number of hydrogen-bond acceptors (Lipinski definition) is 4. The van der Waals surface area contributed by atoms with Crippen molar-refractivity contribution in [1.82, 2.24) is 0 Å². The van der Waals surface area contributed by atoms with Crippen LogP contribution in [0.3, 0.4) is 0 Å². The molecule has 0 bridgehead atoms. The van der Waals surface area contributed by atoms with Gasteiger partial charge in [-0.3, -0.25) is 9.59 Å². The summed E-state index contributed by atoms with van der Waals surface area (Å²) in [4.78, 5) is 26.2. The summed E-state index contributed by atoms with van der Waals surface area (Å²) in [5.41, 5.74) is 0.618. The highest BCUT2D eigenvalue weighted by Gasteiger charge is 2.47. The summed E-state index contributed by atoms with van der Waals surface area (Å²) in [6, 6.07) is 20.7. The number of aromatic nitrogens is 1. The molecule has 0 aliphatic rings. The standard InChI is InChI=1S/C25H22FN3O3/c1-2-32-25(31)20(17-27)22(19-13-7-8-14-21(19)26)23(29-15-9-4-10-16-29)24(30)28-18-11-5-3-6-12-18/h3-16,20,22-23H,2H2,1H3/p+1. The third kappa shape index (κ3) is 5.16. The summed E-state index contributed by atoms with van der Waals surface area (Å²) < 4.78 is 21.6. The van der Waals surface area contributed by atoms with E-state index >= 15 is 0 Å². The second kappa shape index (κ2) is 10.8. The van der Waals surface area contributed by atoms with Crippen LogP contribution in [0, 0.1) is 23.1 Å². The second-order valence-corrected chi connectivity index (χ2v) is 7.03. The Morgan fingerprint density at radius 3 is 2.28 bits per heavy atom. The first-order valence-electron chi connectivity index (χ1n) is 10.2. The molecule has 3 rings (SSSR count). The first-order valence-corrected chi connectivity index (χ1v) is 10.2. The van der Waals surface area contributed by atoms with Gasteiger partial charge in [0.15, 0.2) is 18.3 Å². The Hall–Kier alpha value is -4.05. The van der Waals surface area contributed by atoms with E-state index in [-0.39, 0.29) is 12.2 Å². The van der Waals surface area contributed by atoms with E-state index in [0.29, 0.717) is 5.69 Å². The van der Waals surface area contributed by atoms with Gasteiger partial charge in [0.25, 0.3) is 5.91 Å². The molecule has 3 aromatic rings. The van der Waals surface area contributed by atoms with E-state index in [9.17, 15) is 19.2 Å². The number of halogens is 1. The number of ether oxygens (including phenoxy) is 1. The van der Waals surface area contributed by atoms with Gasteiger partial charge in [-0.1, -0.05) is 42.5 Å². The molecule has 1 aromatic heterocycles. The summed E-state index contributed by atoms with van der Waals surface area (Å²) in [6.07, 6.45) is 3.28. The quantitative estimate of drug-likeness (QED) is 0.434. The Kier molecular flexibility index (Phi) is 7.65. The van der Waals surface area contributed by atoms with Crippen molar-refractivity contribution in [3.05, 3.63) is 96.6 Å². The van der Waals surface area contributed by atoms with Crippen molar-refractivity contribution in [3.63, 3.8) is 0 Å². The molecule has 162 valence electrons. The number of nitriles is 1. The number of nitrogens with one attached hydrogen (secondary N) is 1. The zero-order valence-corrected chi connectivity index (χ0v) is 17.5. The van der Waals surface area contributed by atoms with E-state index < -0.39 is 35.6 Å². The van der Waals surface area contributed by atoms with Crippen molar-refractivity contribution in [2.75, 3.05) is 11.9 Å². The fourth-order valence-corrected chi connectivity index (χ4v) is 3.61.